The van der Waals surface area contributed by atoms with Gasteiger partial charge in [0.1, 0.15) is 0 Å². The van der Waals surface area contributed by atoms with E-state index in [0.29, 0.717) is 6.54 Å². The van der Waals surface area contributed by atoms with Crippen molar-refractivity contribution in [2.75, 3.05) is 25.0 Å². The van der Waals surface area contributed by atoms with Gasteiger partial charge in [-0.15, -0.1) is 0 Å². The predicted molar refractivity (Wildman–Crippen MR) is 115 cm³/mol. The first-order valence-electron chi connectivity index (χ1n) is 9.28. The highest BCUT2D eigenvalue weighted by atomic mass is 16.2. The van der Waals surface area contributed by atoms with Gasteiger partial charge in [0, 0.05) is 49.7 Å². The number of pyridine rings is 1. The van der Waals surface area contributed by atoms with Crippen molar-refractivity contribution < 1.29 is 4.79 Å². The van der Waals surface area contributed by atoms with Gasteiger partial charge in [0.05, 0.1) is 5.92 Å². The van der Waals surface area contributed by atoms with Crippen molar-refractivity contribution in [1.82, 2.24) is 10.3 Å². The van der Waals surface area contributed by atoms with Gasteiger partial charge in [-0.2, -0.15) is 0 Å². The first-order valence-corrected chi connectivity index (χ1v) is 9.28. The van der Waals surface area contributed by atoms with Gasteiger partial charge < -0.3 is 10.2 Å². The number of carbonyl (C=O) groups is 1. The summed E-state index contributed by atoms with van der Waals surface area (Å²) >= 11 is 0. The summed E-state index contributed by atoms with van der Waals surface area (Å²) in [7, 11) is 1.87. The predicted octanol–water partition coefficient (Wildman–Crippen LogP) is 4.35. The van der Waals surface area contributed by atoms with E-state index >= 15 is 0 Å². The molecule has 1 aromatic heterocycles. The quantitative estimate of drug-likeness (QED) is 0.739. The number of aromatic nitrogens is 1. The summed E-state index contributed by atoms with van der Waals surface area (Å²) < 4.78 is 0. The Balaban J connectivity index is 0.00000225. The average molecular weight is 374 g/mol. The van der Waals surface area contributed by atoms with Crippen molar-refractivity contribution in [3.05, 3.63) is 84.7 Å². The van der Waals surface area contributed by atoms with Crippen LogP contribution in [0.4, 0.5) is 5.69 Å². The fraction of sp³-hybridized carbons (Fsp3) is 0.250. The maximum Gasteiger partial charge on any atom is 0.231 e. The zero-order valence-corrected chi connectivity index (χ0v) is 15.4. The molecule has 1 aliphatic rings. The number of nitrogens with zero attached hydrogens (tertiary/aromatic N) is 2. The number of benzene rings is 2. The van der Waals surface area contributed by atoms with Crippen molar-refractivity contribution in [1.29, 1.82) is 0 Å². The fourth-order valence-corrected chi connectivity index (χ4v) is 3.79. The summed E-state index contributed by atoms with van der Waals surface area (Å²) in [6, 6.07) is 22.3. The monoisotopic (exact) mass is 373 g/mol. The van der Waals surface area contributed by atoms with Gasteiger partial charge in [-0.25, -0.2) is 0 Å². The SMILES string of the molecule is C.CN(C(=O)C1CNCC1c1ccccc1)c1cccc(-c2cccnc2)c1. The second-order valence-corrected chi connectivity index (χ2v) is 6.97. The third-order valence-electron chi connectivity index (χ3n) is 5.32. The van der Waals surface area contributed by atoms with Crippen LogP contribution in [0.5, 0.6) is 0 Å². The van der Waals surface area contributed by atoms with E-state index in [1.165, 1.54) is 5.56 Å². The molecular weight excluding hydrogens is 346 g/mol. The van der Waals surface area contributed by atoms with E-state index < -0.39 is 0 Å². The Morgan fingerprint density at radius 3 is 2.54 bits per heavy atom. The molecule has 1 fully saturated rings. The lowest BCUT2D eigenvalue weighted by Crippen LogP contribution is -2.36. The van der Waals surface area contributed by atoms with Crippen molar-refractivity contribution in [3.8, 4) is 11.1 Å². The van der Waals surface area contributed by atoms with Gasteiger partial charge >= 0.3 is 0 Å². The van der Waals surface area contributed by atoms with Crippen LogP contribution in [-0.2, 0) is 4.79 Å². The molecule has 3 aromatic rings. The number of hydrogen-bond donors (Lipinski definition) is 1. The highest BCUT2D eigenvalue weighted by molar-refractivity contribution is 5.96. The lowest BCUT2D eigenvalue weighted by Gasteiger charge is -2.25. The molecule has 0 saturated carbocycles. The van der Waals surface area contributed by atoms with Crippen LogP contribution >= 0.6 is 0 Å². The molecule has 4 nitrogen and oxygen atoms in total. The Hall–Kier alpha value is -2.98. The molecule has 28 heavy (non-hydrogen) atoms. The molecule has 0 radical (unpaired) electrons. The van der Waals surface area contributed by atoms with Crippen molar-refractivity contribution in [2.24, 2.45) is 5.92 Å². The Bertz CT molecular complexity index is 911. The number of anilines is 1. The summed E-state index contributed by atoms with van der Waals surface area (Å²) in [5, 5.41) is 3.39. The normalized spacial score (nSPS) is 18.3. The third kappa shape index (κ3) is 3.97. The zero-order valence-electron chi connectivity index (χ0n) is 15.4. The van der Waals surface area contributed by atoms with E-state index in [4.69, 9.17) is 0 Å². The summed E-state index contributed by atoms with van der Waals surface area (Å²) in [5.74, 6) is 0.305. The second kappa shape index (κ2) is 8.81. The molecule has 144 valence electrons. The van der Waals surface area contributed by atoms with Crippen LogP contribution < -0.4 is 10.2 Å². The number of carbonyl (C=O) groups excluding carboxylic acids is 1. The van der Waals surface area contributed by atoms with Crippen LogP contribution in [0.25, 0.3) is 11.1 Å². The van der Waals surface area contributed by atoms with Gasteiger partial charge in [0.2, 0.25) is 5.91 Å². The molecule has 1 aliphatic heterocycles. The molecule has 0 spiro atoms. The number of hydrogen-bond acceptors (Lipinski definition) is 3. The maximum atomic E-state index is 13.3. The first-order chi connectivity index (χ1) is 13.2. The van der Waals surface area contributed by atoms with Crippen molar-refractivity contribution in [2.45, 2.75) is 13.3 Å². The van der Waals surface area contributed by atoms with Gasteiger partial charge in [0.15, 0.2) is 0 Å². The molecule has 4 heteroatoms. The molecule has 1 N–H and O–H groups in total. The number of amides is 1. The molecular formula is C24H27N3O. The summed E-state index contributed by atoms with van der Waals surface area (Å²) in [5.41, 5.74) is 4.23. The Labute approximate surface area is 167 Å². The summed E-state index contributed by atoms with van der Waals surface area (Å²) in [4.78, 5) is 19.2. The second-order valence-electron chi connectivity index (χ2n) is 6.97. The molecule has 1 saturated heterocycles. The maximum absolute atomic E-state index is 13.3. The van der Waals surface area contributed by atoms with Gasteiger partial charge in [-0.3, -0.25) is 9.78 Å². The third-order valence-corrected chi connectivity index (χ3v) is 5.32. The molecule has 2 aromatic carbocycles. The van der Waals surface area contributed by atoms with Crippen LogP contribution in [0.3, 0.4) is 0 Å². The largest absolute Gasteiger partial charge is 0.315 e. The Morgan fingerprint density at radius 1 is 1.00 bits per heavy atom. The minimum atomic E-state index is -0.0561. The zero-order chi connectivity index (χ0) is 18.6. The minimum absolute atomic E-state index is 0. The van der Waals surface area contributed by atoms with E-state index in [0.717, 1.165) is 23.4 Å². The van der Waals surface area contributed by atoms with Crippen molar-refractivity contribution in [3.63, 3.8) is 0 Å². The molecule has 4 rings (SSSR count). The molecule has 1 amide bonds. The van der Waals surface area contributed by atoms with Crippen LogP contribution in [0, 0.1) is 5.92 Å². The standard InChI is InChI=1S/C23H23N3O.CH4/c1-26(20-11-5-9-18(13-20)19-10-6-12-24-14-19)23(27)22-16-25-15-21(22)17-7-3-2-4-8-17;/h2-14,21-22,25H,15-16H2,1H3;1H4. The van der Waals surface area contributed by atoms with Gasteiger partial charge in [-0.1, -0.05) is 56.0 Å². The smallest absolute Gasteiger partial charge is 0.231 e. The van der Waals surface area contributed by atoms with E-state index in [9.17, 15) is 4.79 Å². The fourth-order valence-electron chi connectivity index (χ4n) is 3.79. The highest BCUT2D eigenvalue weighted by Gasteiger charge is 2.35. The Morgan fingerprint density at radius 2 is 1.79 bits per heavy atom. The van der Waals surface area contributed by atoms with Crippen LogP contribution in [-0.4, -0.2) is 31.0 Å². The number of nitrogens with one attached hydrogen (secondary N) is 1. The average Bonchev–Trinajstić information content (AvgIpc) is 3.24. The molecule has 2 heterocycles. The van der Waals surface area contributed by atoms with E-state index in [1.807, 2.05) is 61.8 Å². The highest BCUT2D eigenvalue weighted by Crippen LogP contribution is 2.31. The van der Waals surface area contributed by atoms with E-state index in [2.05, 4.69) is 28.5 Å². The van der Waals surface area contributed by atoms with E-state index in [1.54, 1.807) is 11.1 Å². The van der Waals surface area contributed by atoms with E-state index in [-0.39, 0.29) is 25.2 Å². The number of rotatable bonds is 4. The summed E-state index contributed by atoms with van der Waals surface area (Å²) in [6.07, 6.45) is 3.60. The van der Waals surface area contributed by atoms with Gasteiger partial charge in [-0.05, 0) is 29.3 Å². The van der Waals surface area contributed by atoms with Crippen LogP contribution in [0.1, 0.15) is 18.9 Å². The molecule has 2 atom stereocenters. The van der Waals surface area contributed by atoms with Gasteiger partial charge in [0.25, 0.3) is 0 Å². The molecule has 0 aliphatic carbocycles. The topological polar surface area (TPSA) is 45.2 Å². The Kier molecular flexibility index (Phi) is 6.22. The lowest BCUT2D eigenvalue weighted by atomic mass is 9.88. The van der Waals surface area contributed by atoms with Crippen molar-refractivity contribution >= 4 is 11.6 Å². The van der Waals surface area contributed by atoms with Crippen LogP contribution in [0.15, 0.2) is 79.1 Å². The first kappa shape index (κ1) is 19.8. The molecule has 0 bridgehead atoms. The molecule has 2 unspecified atom stereocenters. The summed E-state index contributed by atoms with van der Waals surface area (Å²) in [6.45, 7) is 1.55. The lowest BCUT2D eigenvalue weighted by molar-refractivity contribution is -0.121. The van der Waals surface area contributed by atoms with Crippen LogP contribution in [0.2, 0.25) is 0 Å². The minimum Gasteiger partial charge on any atom is -0.315 e.